The smallest absolute Gasteiger partial charge is 0.337 e. The Labute approximate surface area is 129 Å². The average molecular weight is 306 g/mol. The van der Waals surface area contributed by atoms with Crippen LogP contribution in [0.1, 0.15) is 50.6 Å². The van der Waals surface area contributed by atoms with E-state index < -0.39 is 5.97 Å². The molecular formula is C16H22N2O2S. The number of thiazole rings is 1. The molecule has 2 saturated carbocycles. The second kappa shape index (κ2) is 6.18. The van der Waals surface area contributed by atoms with Crippen molar-refractivity contribution in [1.82, 2.24) is 4.98 Å². The van der Waals surface area contributed by atoms with Gasteiger partial charge in [0.15, 0.2) is 5.13 Å². The molecule has 5 heteroatoms. The summed E-state index contributed by atoms with van der Waals surface area (Å²) in [6, 6.07) is 0. The van der Waals surface area contributed by atoms with Crippen LogP contribution in [0, 0.1) is 17.8 Å². The molecule has 114 valence electrons. The van der Waals surface area contributed by atoms with Crippen molar-refractivity contribution in [2.24, 2.45) is 17.8 Å². The van der Waals surface area contributed by atoms with Gasteiger partial charge in [0.05, 0.1) is 11.3 Å². The molecule has 21 heavy (non-hydrogen) atoms. The van der Waals surface area contributed by atoms with Gasteiger partial charge in [0, 0.05) is 5.38 Å². The van der Waals surface area contributed by atoms with Crippen LogP contribution in [0.25, 0.3) is 5.57 Å². The van der Waals surface area contributed by atoms with Gasteiger partial charge in [0.1, 0.15) is 0 Å². The van der Waals surface area contributed by atoms with Crippen molar-refractivity contribution < 1.29 is 9.90 Å². The molecule has 0 amide bonds. The van der Waals surface area contributed by atoms with Crippen LogP contribution in [-0.4, -0.2) is 16.1 Å². The number of rotatable bonds is 3. The summed E-state index contributed by atoms with van der Waals surface area (Å²) in [4.78, 5) is 15.7. The van der Waals surface area contributed by atoms with Gasteiger partial charge >= 0.3 is 5.97 Å². The minimum Gasteiger partial charge on any atom is -0.478 e. The van der Waals surface area contributed by atoms with E-state index in [-0.39, 0.29) is 0 Å². The maximum atomic E-state index is 11.6. The van der Waals surface area contributed by atoms with E-state index >= 15 is 0 Å². The van der Waals surface area contributed by atoms with Crippen molar-refractivity contribution >= 4 is 28.0 Å². The first-order valence-corrected chi connectivity index (χ1v) is 8.69. The third kappa shape index (κ3) is 3.12. The molecule has 2 aliphatic rings. The van der Waals surface area contributed by atoms with Crippen molar-refractivity contribution in [2.45, 2.75) is 44.9 Å². The van der Waals surface area contributed by atoms with E-state index in [0.717, 1.165) is 12.3 Å². The predicted molar refractivity (Wildman–Crippen MR) is 84.9 cm³/mol. The van der Waals surface area contributed by atoms with Crippen molar-refractivity contribution in [3.05, 3.63) is 17.2 Å². The molecule has 0 spiro atoms. The normalized spacial score (nSPS) is 29.9. The SMILES string of the molecule is Nc1nc(/C(=C/C2CCCC3CCCCC23)C(=O)O)cs1. The van der Waals surface area contributed by atoms with E-state index in [4.69, 9.17) is 5.73 Å². The number of anilines is 1. The largest absolute Gasteiger partial charge is 0.478 e. The van der Waals surface area contributed by atoms with Crippen molar-refractivity contribution in [3.8, 4) is 0 Å². The van der Waals surface area contributed by atoms with E-state index in [2.05, 4.69) is 4.98 Å². The summed E-state index contributed by atoms with van der Waals surface area (Å²) >= 11 is 1.30. The van der Waals surface area contributed by atoms with Crippen LogP contribution >= 0.6 is 11.3 Å². The highest BCUT2D eigenvalue weighted by atomic mass is 32.1. The molecule has 1 aromatic rings. The van der Waals surface area contributed by atoms with Gasteiger partial charge in [-0.2, -0.15) is 0 Å². The zero-order chi connectivity index (χ0) is 14.8. The molecule has 3 atom stereocenters. The maximum absolute atomic E-state index is 11.6. The fourth-order valence-electron chi connectivity index (χ4n) is 4.09. The fraction of sp³-hybridized carbons (Fsp3) is 0.625. The van der Waals surface area contributed by atoms with Gasteiger partial charge in [0.2, 0.25) is 0 Å². The fourth-order valence-corrected chi connectivity index (χ4v) is 4.65. The molecular weight excluding hydrogens is 284 g/mol. The van der Waals surface area contributed by atoms with Gasteiger partial charge in [-0.25, -0.2) is 9.78 Å². The maximum Gasteiger partial charge on any atom is 0.337 e. The molecule has 3 unspecified atom stereocenters. The molecule has 0 aliphatic heterocycles. The lowest BCUT2D eigenvalue weighted by atomic mass is 9.65. The minimum absolute atomic E-state index is 0.333. The van der Waals surface area contributed by atoms with Crippen LogP contribution in [0.2, 0.25) is 0 Å². The summed E-state index contributed by atoms with van der Waals surface area (Å²) in [6.07, 6.45) is 10.8. The Balaban J connectivity index is 1.87. The highest BCUT2D eigenvalue weighted by Gasteiger charge is 2.34. The van der Waals surface area contributed by atoms with E-state index in [9.17, 15) is 9.90 Å². The molecule has 0 bridgehead atoms. The summed E-state index contributed by atoms with van der Waals surface area (Å²) in [7, 11) is 0. The number of carboxylic acid groups (broad SMARTS) is 1. The first-order valence-electron chi connectivity index (χ1n) is 7.81. The lowest BCUT2D eigenvalue weighted by Crippen LogP contribution is -2.30. The number of aliphatic carboxylic acids is 1. The van der Waals surface area contributed by atoms with Crippen LogP contribution < -0.4 is 5.73 Å². The standard InChI is InChI=1S/C16H22N2O2S/c17-16-18-14(9-21-16)13(15(19)20)8-11-6-3-5-10-4-1-2-7-12(10)11/h8-12H,1-7H2,(H2,17,18)(H,19,20)/b13-8-. The lowest BCUT2D eigenvalue weighted by Gasteiger charge is -2.40. The second-order valence-electron chi connectivity index (χ2n) is 6.26. The summed E-state index contributed by atoms with van der Waals surface area (Å²) in [5.74, 6) is 0.957. The molecule has 4 nitrogen and oxygen atoms in total. The molecule has 2 fully saturated rings. The Morgan fingerprint density at radius 1 is 1.29 bits per heavy atom. The number of hydrogen-bond acceptors (Lipinski definition) is 4. The number of nitrogens with two attached hydrogens (primary N) is 1. The monoisotopic (exact) mass is 306 g/mol. The highest BCUT2D eigenvalue weighted by Crippen LogP contribution is 2.45. The number of carboxylic acids is 1. The van der Waals surface area contributed by atoms with Crippen LogP contribution in [0.4, 0.5) is 5.13 Å². The van der Waals surface area contributed by atoms with Gasteiger partial charge in [0.25, 0.3) is 0 Å². The summed E-state index contributed by atoms with van der Waals surface area (Å²) in [6.45, 7) is 0. The zero-order valence-electron chi connectivity index (χ0n) is 12.1. The Morgan fingerprint density at radius 2 is 2.05 bits per heavy atom. The van der Waals surface area contributed by atoms with Crippen molar-refractivity contribution in [1.29, 1.82) is 0 Å². The van der Waals surface area contributed by atoms with Gasteiger partial charge in [-0.1, -0.05) is 38.2 Å². The number of hydrogen-bond donors (Lipinski definition) is 2. The molecule has 0 aromatic carbocycles. The number of carbonyl (C=O) groups is 1. The van der Waals surface area contributed by atoms with E-state index in [0.29, 0.717) is 28.2 Å². The minimum atomic E-state index is -0.891. The molecule has 0 radical (unpaired) electrons. The van der Waals surface area contributed by atoms with E-state index in [1.54, 1.807) is 5.38 Å². The van der Waals surface area contributed by atoms with Crippen molar-refractivity contribution in [2.75, 3.05) is 5.73 Å². The predicted octanol–water partition coefficient (Wildman–Crippen LogP) is 3.80. The molecule has 3 N–H and O–H groups in total. The molecule has 2 aliphatic carbocycles. The molecule has 1 heterocycles. The van der Waals surface area contributed by atoms with E-state index in [1.807, 2.05) is 6.08 Å². The van der Waals surface area contributed by atoms with Gasteiger partial charge in [-0.05, 0) is 30.6 Å². The van der Waals surface area contributed by atoms with E-state index in [1.165, 1.54) is 49.9 Å². The molecule has 0 saturated heterocycles. The number of allylic oxidation sites excluding steroid dienone is 1. The number of aromatic nitrogens is 1. The summed E-state index contributed by atoms with van der Waals surface area (Å²) in [5.41, 5.74) is 6.49. The number of nitrogen functional groups attached to an aromatic ring is 1. The Morgan fingerprint density at radius 3 is 2.76 bits per heavy atom. The Hall–Kier alpha value is -1.36. The van der Waals surface area contributed by atoms with Crippen LogP contribution in [0.5, 0.6) is 0 Å². The quantitative estimate of drug-likeness (QED) is 0.833. The lowest BCUT2D eigenvalue weighted by molar-refractivity contribution is -0.130. The highest BCUT2D eigenvalue weighted by molar-refractivity contribution is 7.13. The zero-order valence-corrected chi connectivity index (χ0v) is 12.9. The van der Waals surface area contributed by atoms with Crippen LogP contribution in [0.3, 0.4) is 0 Å². The first kappa shape index (κ1) is 14.6. The second-order valence-corrected chi connectivity index (χ2v) is 7.15. The summed E-state index contributed by atoms with van der Waals surface area (Å²) < 4.78 is 0. The number of fused-ring (bicyclic) bond motifs is 1. The third-order valence-corrected chi connectivity index (χ3v) is 5.71. The summed E-state index contributed by atoms with van der Waals surface area (Å²) in [5, 5.41) is 11.7. The molecule has 1 aromatic heterocycles. The Bertz CT molecular complexity index is 550. The third-order valence-electron chi connectivity index (χ3n) is 5.04. The van der Waals surface area contributed by atoms with Gasteiger partial charge in [-0.15, -0.1) is 11.3 Å². The van der Waals surface area contributed by atoms with Crippen LogP contribution in [0.15, 0.2) is 11.5 Å². The Kier molecular flexibility index (Phi) is 4.29. The van der Waals surface area contributed by atoms with Crippen molar-refractivity contribution in [3.63, 3.8) is 0 Å². The first-order chi connectivity index (χ1) is 10.1. The van der Waals surface area contributed by atoms with Gasteiger partial charge in [-0.3, -0.25) is 0 Å². The average Bonchev–Trinajstić information content (AvgIpc) is 2.90. The topological polar surface area (TPSA) is 76.2 Å². The molecule has 3 rings (SSSR count). The number of nitrogens with zero attached hydrogens (tertiary/aromatic N) is 1. The van der Waals surface area contributed by atoms with Crippen LogP contribution in [-0.2, 0) is 4.79 Å². The van der Waals surface area contributed by atoms with Gasteiger partial charge < -0.3 is 10.8 Å².